The number of halogens is 1. The van der Waals surface area contributed by atoms with Gasteiger partial charge in [0.1, 0.15) is 5.82 Å². The molecule has 1 amide bonds. The fraction of sp³-hybridized carbons (Fsp3) is 0.273. The normalized spacial score (nSPS) is 16.9. The molecule has 138 valence electrons. The number of hydrogen-bond donors (Lipinski definition) is 0. The Bertz CT molecular complexity index is 1000. The number of carbonyl (C=O) groups excluding carboxylic acids is 1. The highest BCUT2D eigenvalue weighted by molar-refractivity contribution is 5.95. The van der Waals surface area contributed by atoms with E-state index in [1.54, 1.807) is 25.3 Å². The predicted octanol–water partition coefficient (Wildman–Crippen LogP) is 4.38. The quantitative estimate of drug-likeness (QED) is 0.678. The topological polar surface area (TPSA) is 36.4 Å². The minimum absolute atomic E-state index is 0.0463. The molecule has 0 bridgehead atoms. The van der Waals surface area contributed by atoms with Gasteiger partial charge in [0.2, 0.25) is 5.91 Å². The molecule has 0 fully saturated rings. The zero-order chi connectivity index (χ0) is 19.0. The molecule has 1 atom stereocenters. The maximum Gasteiger partial charge on any atom is 0.223 e. The van der Waals surface area contributed by atoms with Crippen molar-refractivity contribution in [1.29, 1.82) is 0 Å². The van der Waals surface area contributed by atoms with Crippen LogP contribution in [-0.2, 0) is 11.3 Å². The minimum Gasteiger partial charge on any atom is -0.365 e. The van der Waals surface area contributed by atoms with E-state index in [9.17, 15) is 9.18 Å². The van der Waals surface area contributed by atoms with E-state index in [2.05, 4.69) is 16.8 Å². The van der Waals surface area contributed by atoms with Gasteiger partial charge in [0, 0.05) is 38.1 Å². The third-order valence-corrected chi connectivity index (χ3v) is 5.08. The third kappa shape index (κ3) is 3.25. The Kier molecular flexibility index (Phi) is 4.52. The van der Waals surface area contributed by atoms with E-state index >= 15 is 0 Å². The van der Waals surface area contributed by atoms with Crippen LogP contribution in [0.4, 0.5) is 15.8 Å². The second kappa shape index (κ2) is 6.99. The number of amides is 1. The van der Waals surface area contributed by atoms with E-state index in [0.717, 1.165) is 23.5 Å². The van der Waals surface area contributed by atoms with Crippen molar-refractivity contribution >= 4 is 28.2 Å². The van der Waals surface area contributed by atoms with Crippen LogP contribution in [0.5, 0.6) is 0 Å². The zero-order valence-corrected chi connectivity index (χ0v) is 15.5. The average Bonchev–Trinajstić information content (AvgIpc) is 2.81. The van der Waals surface area contributed by atoms with Gasteiger partial charge in [-0.1, -0.05) is 25.1 Å². The highest BCUT2D eigenvalue weighted by atomic mass is 19.1. The van der Waals surface area contributed by atoms with Gasteiger partial charge >= 0.3 is 0 Å². The Morgan fingerprint density at radius 3 is 2.67 bits per heavy atom. The van der Waals surface area contributed by atoms with Crippen LogP contribution in [0.1, 0.15) is 19.4 Å². The maximum atomic E-state index is 14.2. The van der Waals surface area contributed by atoms with Crippen molar-refractivity contribution in [1.82, 2.24) is 4.98 Å². The lowest BCUT2D eigenvalue weighted by Gasteiger charge is -2.27. The molecule has 1 aromatic heterocycles. The van der Waals surface area contributed by atoms with Gasteiger partial charge in [0.25, 0.3) is 0 Å². The minimum atomic E-state index is -0.255. The molecule has 0 saturated carbocycles. The van der Waals surface area contributed by atoms with E-state index < -0.39 is 0 Å². The van der Waals surface area contributed by atoms with Crippen LogP contribution in [0.25, 0.3) is 10.9 Å². The van der Waals surface area contributed by atoms with E-state index in [-0.39, 0.29) is 11.7 Å². The van der Waals surface area contributed by atoms with Crippen LogP contribution in [0, 0.1) is 11.7 Å². The van der Waals surface area contributed by atoms with Gasteiger partial charge in [0.15, 0.2) is 0 Å². The van der Waals surface area contributed by atoms with Gasteiger partial charge in [-0.3, -0.25) is 9.78 Å². The molecule has 2 heterocycles. The number of anilines is 2. The number of benzene rings is 2. The van der Waals surface area contributed by atoms with E-state index in [0.29, 0.717) is 29.9 Å². The first kappa shape index (κ1) is 17.5. The second-order valence-electron chi connectivity index (χ2n) is 7.21. The second-order valence-corrected chi connectivity index (χ2v) is 7.21. The van der Waals surface area contributed by atoms with Crippen molar-refractivity contribution in [3.8, 4) is 0 Å². The van der Waals surface area contributed by atoms with Crippen LogP contribution < -0.4 is 9.80 Å². The molecular weight excluding hydrogens is 341 g/mol. The summed E-state index contributed by atoms with van der Waals surface area (Å²) in [4.78, 5) is 20.7. The Morgan fingerprint density at radius 1 is 1.11 bits per heavy atom. The van der Waals surface area contributed by atoms with Crippen molar-refractivity contribution in [3.63, 3.8) is 0 Å². The van der Waals surface area contributed by atoms with Crippen molar-refractivity contribution < 1.29 is 9.18 Å². The average molecular weight is 363 g/mol. The maximum absolute atomic E-state index is 14.2. The Labute approximate surface area is 158 Å². The summed E-state index contributed by atoms with van der Waals surface area (Å²) >= 11 is 0. The highest BCUT2D eigenvalue weighted by Crippen LogP contribution is 2.35. The summed E-state index contributed by atoms with van der Waals surface area (Å²) in [6.45, 7) is 5.87. The van der Waals surface area contributed by atoms with E-state index in [1.165, 1.54) is 6.07 Å². The molecule has 3 aromatic rings. The van der Waals surface area contributed by atoms with Crippen molar-refractivity contribution in [2.24, 2.45) is 5.92 Å². The standard InChI is InChI=1S/C22H22FN3O/c1-15-12-25(20-7-3-4-8-21(20)26(13-15)16(2)27)14-17-9-10-19(23)18-6-5-11-24-22(17)18/h3-11,15H,12-14H2,1-2H3/t15-/m1/s1. The van der Waals surface area contributed by atoms with Gasteiger partial charge in [-0.2, -0.15) is 0 Å². The largest absolute Gasteiger partial charge is 0.365 e. The molecule has 27 heavy (non-hydrogen) atoms. The summed E-state index contributed by atoms with van der Waals surface area (Å²) in [5.41, 5.74) is 3.61. The van der Waals surface area contributed by atoms with Crippen LogP contribution in [0.3, 0.4) is 0 Å². The molecule has 1 aliphatic heterocycles. The first-order valence-corrected chi connectivity index (χ1v) is 9.19. The summed E-state index contributed by atoms with van der Waals surface area (Å²) in [5, 5.41) is 0.538. The van der Waals surface area contributed by atoms with Crippen LogP contribution in [0.2, 0.25) is 0 Å². The third-order valence-electron chi connectivity index (χ3n) is 5.08. The van der Waals surface area contributed by atoms with Crippen LogP contribution in [-0.4, -0.2) is 24.0 Å². The summed E-state index contributed by atoms with van der Waals surface area (Å²) in [5.74, 6) is 0.0975. The zero-order valence-electron chi connectivity index (χ0n) is 15.5. The fourth-order valence-corrected chi connectivity index (χ4v) is 3.88. The Morgan fingerprint density at radius 2 is 1.89 bits per heavy atom. The molecule has 0 spiro atoms. The Hall–Kier alpha value is -2.95. The van der Waals surface area contributed by atoms with Crippen molar-refractivity contribution in [2.45, 2.75) is 20.4 Å². The molecular formula is C22H22FN3O. The highest BCUT2D eigenvalue weighted by Gasteiger charge is 2.26. The smallest absolute Gasteiger partial charge is 0.223 e. The summed E-state index contributed by atoms with van der Waals surface area (Å²) in [6.07, 6.45) is 1.70. The summed E-state index contributed by atoms with van der Waals surface area (Å²) < 4.78 is 14.2. The number of para-hydroxylation sites is 2. The lowest BCUT2D eigenvalue weighted by molar-refractivity contribution is -0.116. The summed E-state index contributed by atoms with van der Waals surface area (Å²) in [7, 11) is 0. The van der Waals surface area contributed by atoms with Gasteiger partial charge < -0.3 is 9.80 Å². The molecule has 0 N–H and O–H groups in total. The van der Waals surface area contributed by atoms with Gasteiger partial charge in [-0.05, 0) is 41.8 Å². The number of nitrogens with zero attached hydrogens (tertiary/aromatic N) is 3. The van der Waals surface area contributed by atoms with E-state index in [1.807, 2.05) is 35.2 Å². The Balaban J connectivity index is 1.79. The fourth-order valence-electron chi connectivity index (χ4n) is 3.88. The van der Waals surface area contributed by atoms with Crippen LogP contribution >= 0.6 is 0 Å². The molecule has 0 aliphatic carbocycles. The van der Waals surface area contributed by atoms with Gasteiger partial charge in [-0.25, -0.2) is 4.39 Å². The first-order chi connectivity index (χ1) is 13.0. The molecule has 4 rings (SSSR count). The molecule has 0 radical (unpaired) electrons. The lowest BCUT2D eigenvalue weighted by atomic mass is 10.1. The first-order valence-electron chi connectivity index (χ1n) is 9.19. The molecule has 0 unspecified atom stereocenters. The van der Waals surface area contributed by atoms with Crippen LogP contribution in [0.15, 0.2) is 54.7 Å². The molecule has 4 nitrogen and oxygen atoms in total. The molecule has 0 saturated heterocycles. The van der Waals surface area contributed by atoms with E-state index in [4.69, 9.17) is 0 Å². The summed E-state index contributed by atoms with van der Waals surface area (Å²) in [6, 6.07) is 14.8. The van der Waals surface area contributed by atoms with Crippen molar-refractivity contribution in [3.05, 3.63) is 66.1 Å². The van der Waals surface area contributed by atoms with Gasteiger partial charge in [-0.15, -0.1) is 0 Å². The number of rotatable bonds is 2. The number of hydrogen-bond acceptors (Lipinski definition) is 3. The lowest BCUT2D eigenvalue weighted by Crippen LogP contribution is -2.33. The monoisotopic (exact) mass is 363 g/mol. The number of carbonyl (C=O) groups is 1. The number of fused-ring (bicyclic) bond motifs is 2. The van der Waals surface area contributed by atoms with Gasteiger partial charge in [0.05, 0.1) is 16.9 Å². The van der Waals surface area contributed by atoms with Crippen molar-refractivity contribution in [2.75, 3.05) is 22.9 Å². The molecule has 1 aliphatic rings. The number of aromatic nitrogens is 1. The number of pyridine rings is 1. The molecule has 5 heteroatoms. The predicted molar refractivity (Wildman–Crippen MR) is 106 cm³/mol. The SMILES string of the molecule is CC(=O)N1C[C@H](C)CN(Cc2ccc(F)c3cccnc23)c2ccccc21. The molecule has 2 aromatic carbocycles.